The van der Waals surface area contributed by atoms with Gasteiger partial charge in [-0.25, -0.2) is 0 Å². The zero-order valence-electron chi connectivity index (χ0n) is 16.9. The largest absolute Gasteiger partial charge is 0.482 e. The monoisotopic (exact) mass is 448 g/mol. The number of nitrogens with zero attached hydrogens (tertiary/aromatic N) is 1. The van der Waals surface area contributed by atoms with Crippen LogP contribution in [0.15, 0.2) is 48.5 Å². The van der Waals surface area contributed by atoms with Crippen molar-refractivity contribution in [2.24, 2.45) is 0 Å². The van der Waals surface area contributed by atoms with Gasteiger partial charge in [-0.1, -0.05) is 60.3 Å². The quantitative estimate of drug-likeness (QED) is 0.627. The number of carbonyl (C=O) groups is 2. The average Bonchev–Trinajstić information content (AvgIpc) is 3.25. The molecule has 2 amide bonds. The van der Waals surface area contributed by atoms with Crippen molar-refractivity contribution in [1.29, 1.82) is 0 Å². The predicted octanol–water partition coefficient (Wildman–Crippen LogP) is 4.85. The van der Waals surface area contributed by atoms with Gasteiger partial charge in [0, 0.05) is 17.6 Å². The molecular weight excluding hydrogens is 423 g/mol. The predicted molar refractivity (Wildman–Crippen MR) is 119 cm³/mol. The maximum atomic E-state index is 13.0. The fraction of sp³-hybridized carbons (Fsp3) is 0.391. The van der Waals surface area contributed by atoms with Crippen LogP contribution in [0.2, 0.25) is 10.0 Å². The number of carbonyl (C=O) groups excluding carboxylic acids is 2. The van der Waals surface area contributed by atoms with Gasteiger partial charge < -0.3 is 15.0 Å². The van der Waals surface area contributed by atoms with Crippen molar-refractivity contribution in [3.8, 4) is 5.75 Å². The van der Waals surface area contributed by atoms with Crippen molar-refractivity contribution in [2.75, 3.05) is 6.61 Å². The van der Waals surface area contributed by atoms with Crippen LogP contribution in [0.3, 0.4) is 0 Å². The molecule has 3 rings (SSSR count). The van der Waals surface area contributed by atoms with E-state index in [4.69, 9.17) is 27.9 Å². The summed E-state index contributed by atoms with van der Waals surface area (Å²) in [7, 11) is 0. The first kappa shape index (κ1) is 22.4. The van der Waals surface area contributed by atoms with Crippen LogP contribution in [-0.4, -0.2) is 35.4 Å². The summed E-state index contributed by atoms with van der Waals surface area (Å²) in [5.74, 6) is -0.0112. The van der Waals surface area contributed by atoms with Crippen LogP contribution in [0, 0.1) is 0 Å². The summed E-state index contributed by atoms with van der Waals surface area (Å²) in [5.41, 5.74) is 0.881. The molecule has 1 aliphatic carbocycles. The lowest BCUT2D eigenvalue weighted by molar-refractivity contribution is -0.142. The Morgan fingerprint density at radius 2 is 1.77 bits per heavy atom. The third-order valence-corrected chi connectivity index (χ3v) is 5.89. The number of hydrogen-bond donors (Lipinski definition) is 1. The summed E-state index contributed by atoms with van der Waals surface area (Å²) < 4.78 is 5.62. The Morgan fingerprint density at radius 1 is 1.10 bits per heavy atom. The molecule has 0 aromatic heterocycles. The molecule has 1 saturated carbocycles. The number of nitrogens with one attached hydrogen (secondary N) is 1. The van der Waals surface area contributed by atoms with E-state index in [1.165, 1.54) is 4.90 Å². The lowest BCUT2D eigenvalue weighted by atomic mass is 10.1. The number of hydrogen-bond acceptors (Lipinski definition) is 3. The molecular formula is C23H26Cl2N2O3. The van der Waals surface area contributed by atoms with Gasteiger partial charge in [0.2, 0.25) is 5.91 Å². The smallest absolute Gasteiger partial charge is 0.261 e. The van der Waals surface area contributed by atoms with Crippen molar-refractivity contribution in [3.63, 3.8) is 0 Å². The second-order valence-electron chi connectivity index (χ2n) is 7.53. The molecule has 7 heteroatoms. The SMILES string of the molecule is C[C@H](C(=O)NC1CCCC1)N(Cc1ccc(Cl)cc1)C(=O)COc1ccccc1Cl. The molecule has 5 nitrogen and oxygen atoms in total. The Hall–Kier alpha value is -2.24. The number of amides is 2. The molecule has 1 fully saturated rings. The van der Waals surface area contributed by atoms with Crippen LogP contribution in [0.4, 0.5) is 0 Å². The van der Waals surface area contributed by atoms with E-state index >= 15 is 0 Å². The molecule has 1 aliphatic rings. The van der Waals surface area contributed by atoms with E-state index in [9.17, 15) is 9.59 Å². The Bertz CT molecular complexity index is 867. The summed E-state index contributed by atoms with van der Waals surface area (Å²) in [6, 6.07) is 13.8. The summed E-state index contributed by atoms with van der Waals surface area (Å²) in [6.45, 7) is 1.81. The highest BCUT2D eigenvalue weighted by atomic mass is 35.5. The molecule has 1 N–H and O–H groups in total. The molecule has 2 aromatic rings. The molecule has 0 radical (unpaired) electrons. The topological polar surface area (TPSA) is 58.6 Å². The molecule has 30 heavy (non-hydrogen) atoms. The van der Waals surface area contributed by atoms with Gasteiger partial charge in [-0.05, 0) is 49.6 Å². The Labute approximate surface area is 187 Å². The number of para-hydroxylation sites is 1. The van der Waals surface area contributed by atoms with Gasteiger partial charge in [-0.3, -0.25) is 9.59 Å². The van der Waals surface area contributed by atoms with Crippen LogP contribution in [-0.2, 0) is 16.1 Å². The fourth-order valence-electron chi connectivity index (χ4n) is 3.55. The molecule has 160 valence electrons. The van der Waals surface area contributed by atoms with E-state index < -0.39 is 6.04 Å². The third kappa shape index (κ3) is 6.13. The van der Waals surface area contributed by atoms with Crippen molar-refractivity contribution < 1.29 is 14.3 Å². The highest BCUT2D eigenvalue weighted by Gasteiger charge is 2.28. The van der Waals surface area contributed by atoms with E-state index in [-0.39, 0.29) is 31.0 Å². The zero-order chi connectivity index (χ0) is 21.5. The first-order valence-electron chi connectivity index (χ1n) is 10.2. The van der Waals surface area contributed by atoms with E-state index in [1.54, 1.807) is 43.3 Å². The highest BCUT2D eigenvalue weighted by Crippen LogP contribution is 2.23. The maximum Gasteiger partial charge on any atom is 0.261 e. The van der Waals surface area contributed by atoms with E-state index in [0.717, 1.165) is 31.2 Å². The van der Waals surface area contributed by atoms with Gasteiger partial charge >= 0.3 is 0 Å². The van der Waals surface area contributed by atoms with Crippen LogP contribution in [0.5, 0.6) is 5.75 Å². The lowest BCUT2D eigenvalue weighted by Gasteiger charge is -2.29. The van der Waals surface area contributed by atoms with E-state index in [1.807, 2.05) is 12.1 Å². The molecule has 0 bridgehead atoms. The molecule has 0 aliphatic heterocycles. The molecule has 1 atom stereocenters. The Kier molecular flexibility index (Phi) is 8.00. The number of benzene rings is 2. The van der Waals surface area contributed by atoms with Crippen LogP contribution < -0.4 is 10.1 Å². The van der Waals surface area contributed by atoms with Crippen LogP contribution >= 0.6 is 23.2 Å². The Balaban J connectivity index is 1.71. The first-order valence-corrected chi connectivity index (χ1v) is 10.9. The van der Waals surface area contributed by atoms with Gasteiger partial charge in [-0.2, -0.15) is 0 Å². The maximum absolute atomic E-state index is 13.0. The molecule has 0 unspecified atom stereocenters. The third-order valence-electron chi connectivity index (χ3n) is 5.32. The number of halogens is 2. The molecule has 0 heterocycles. The van der Waals surface area contributed by atoms with E-state index in [2.05, 4.69) is 5.32 Å². The highest BCUT2D eigenvalue weighted by molar-refractivity contribution is 6.32. The van der Waals surface area contributed by atoms with Crippen molar-refractivity contribution >= 4 is 35.0 Å². The summed E-state index contributed by atoms with van der Waals surface area (Å²) in [4.78, 5) is 27.4. The Morgan fingerprint density at radius 3 is 2.43 bits per heavy atom. The minimum Gasteiger partial charge on any atom is -0.482 e. The standard InChI is InChI=1S/C23H26Cl2N2O3/c1-16(23(29)26-19-6-2-3-7-19)27(14-17-10-12-18(24)13-11-17)22(28)15-30-21-9-5-4-8-20(21)25/h4-5,8-13,16,19H,2-3,6-7,14-15H2,1H3,(H,26,29)/t16-/m1/s1. The summed E-state index contributed by atoms with van der Waals surface area (Å²) in [6.07, 6.45) is 4.22. The van der Waals surface area contributed by atoms with Crippen LogP contribution in [0.25, 0.3) is 0 Å². The minimum absolute atomic E-state index is 0.151. The summed E-state index contributed by atoms with van der Waals surface area (Å²) in [5, 5.41) is 4.12. The average molecular weight is 449 g/mol. The summed E-state index contributed by atoms with van der Waals surface area (Å²) >= 11 is 12.1. The van der Waals surface area contributed by atoms with Gasteiger partial charge in [0.15, 0.2) is 6.61 Å². The van der Waals surface area contributed by atoms with E-state index in [0.29, 0.717) is 15.8 Å². The number of ether oxygens (including phenoxy) is 1. The van der Waals surface area contributed by atoms with Crippen molar-refractivity contribution in [2.45, 2.75) is 51.2 Å². The van der Waals surface area contributed by atoms with Crippen molar-refractivity contribution in [3.05, 3.63) is 64.1 Å². The fourth-order valence-corrected chi connectivity index (χ4v) is 3.86. The first-order chi connectivity index (χ1) is 14.4. The number of rotatable bonds is 8. The lowest BCUT2D eigenvalue weighted by Crippen LogP contribution is -2.50. The molecule has 0 spiro atoms. The van der Waals surface area contributed by atoms with Crippen molar-refractivity contribution in [1.82, 2.24) is 10.2 Å². The van der Waals surface area contributed by atoms with Gasteiger partial charge in [-0.15, -0.1) is 0 Å². The minimum atomic E-state index is -0.636. The normalized spacial score (nSPS) is 14.9. The molecule has 0 saturated heterocycles. The van der Waals surface area contributed by atoms with Gasteiger partial charge in [0.25, 0.3) is 5.91 Å². The van der Waals surface area contributed by atoms with Gasteiger partial charge in [0.1, 0.15) is 11.8 Å². The second kappa shape index (κ2) is 10.7. The zero-order valence-corrected chi connectivity index (χ0v) is 18.5. The molecule has 2 aromatic carbocycles. The second-order valence-corrected chi connectivity index (χ2v) is 8.38. The van der Waals surface area contributed by atoms with Crippen LogP contribution in [0.1, 0.15) is 38.2 Å². The van der Waals surface area contributed by atoms with Gasteiger partial charge in [0.05, 0.1) is 5.02 Å².